The van der Waals surface area contributed by atoms with Crippen molar-refractivity contribution in [2.24, 2.45) is 16.7 Å². The van der Waals surface area contributed by atoms with Crippen LogP contribution in [-0.2, 0) is 0 Å². The van der Waals surface area contributed by atoms with E-state index in [4.69, 9.17) is 5.73 Å². The molecule has 0 aliphatic heterocycles. The molecule has 0 aromatic carbocycles. The van der Waals surface area contributed by atoms with Gasteiger partial charge in [-0.3, -0.25) is 0 Å². The minimum atomic E-state index is 0.396. The third-order valence-corrected chi connectivity index (χ3v) is 4.66. The van der Waals surface area contributed by atoms with Gasteiger partial charge in [0.1, 0.15) is 17.5 Å². The minimum Gasteiger partial charge on any atom is -0.384 e. The average molecular weight is 234 g/mol. The van der Waals surface area contributed by atoms with Gasteiger partial charge in [-0.15, -0.1) is 0 Å². The van der Waals surface area contributed by atoms with Crippen LogP contribution < -0.4 is 11.1 Å². The predicted octanol–water partition coefficient (Wildman–Crippen LogP) is 2.46. The van der Waals surface area contributed by atoms with Crippen molar-refractivity contribution in [1.29, 1.82) is 0 Å². The molecule has 1 aliphatic carbocycles. The van der Waals surface area contributed by atoms with E-state index in [0.29, 0.717) is 28.4 Å². The van der Waals surface area contributed by atoms with E-state index < -0.39 is 0 Å². The fourth-order valence-corrected chi connectivity index (χ4v) is 2.73. The summed E-state index contributed by atoms with van der Waals surface area (Å²) < 4.78 is 0. The molecule has 0 saturated heterocycles. The van der Waals surface area contributed by atoms with E-state index in [1.165, 1.54) is 0 Å². The Morgan fingerprint density at radius 3 is 2.29 bits per heavy atom. The molecule has 0 unspecified atom stereocenters. The summed E-state index contributed by atoms with van der Waals surface area (Å²) in [7, 11) is 0. The molecule has 1 aromatic heterocycles. The first-order valence-corrected chi connectivity index (χ1v) is 6.10. The molecular weight excluding hydrogens is 212 g/mol. The van der Waals surface area contributed by atoms with Crippen LogP contribution in [-0.4, -0.2) is 16.5 Å². The van der Waals surface area contributed by atoms with Crippen LogP contribution in [0.15, 0.2) is 6.07 Å². The van der Waals surface area contributed by atoms with Gasteiger partial charge in [-0.1, -0.05) is 27.7 Å². The lowest BCUT2D eigenvalue weighted by atomic mass is 10.0. The van der Waals surface area contributed by atoms with Gasteiger partial charge in [-0.2, -0.15) is 0 Å². The zero-order valence-electron chi connectivity index (χ0n) is 11.3. The molecule has 1 heterocycles. The van der Waals surface area contributed by atoms with Crippen molar-refractivity contribution in [2.45, 2.75) is 34.6 Å². The summed E-state index contributed by atoms with van der Waals surface area (Å²) >= 11 is 0. The summed E-state index contributed by atoms with van der Waals surface area (Å²) in [6, 6.07) is 1.79. The van der Waals surface area contributed by atoms with Gasteiger partial charge in [0.15, 0.2) is 0 Å². The molecule has 4 heteroatoms. The number of rotatable bonds is 3. The third-order valence-electron chi connectivity index (χ3n) is 4.66. The molecule has 0 radical (unpaired) electrons. The van der Waals surface area contributed by atoms with Crippen molar-refractivity contribution >= 4 is 11.6 Å². The first kappa shape index (κ1) is 12.1. The van der Waals surface area contributed by atoms with Gasteiger partial charge >= 0.3 is 0 Å². The molecule has 1 aromatic rings. The van der Waals surface area contributed by atoms with E-state index in [-0.39, 0.29) is 0 Å². The quantitative estimate of drug-likeness (QED) is 0.843. The number of hydrogen-bond acceptors (Lipinski definition) is 4. The van der Waals surface area contributed by atoms with Crippen LogP contribution in [0.1, 0.15) is 33.5 Å². The number of nitrogens with one attached hydrogen (secondary N) is 1. The van der Waals surface area contributed by atoms with Crippen molar-refractivity contribution in [3.63, 3.8) is 0 Å². The van der Waals surface area contributed by atoms with Gasteiger partial charge in [0.2, 0.25) is 0 Å². The van der Waals surface area contributed by atoms with Crippen molar-refractivity contribution in [3.05, 3.63) is 11.9 Å². The Morgan fingerprint density at radius 1 is 1.24 bits per heavy atom. The molecular formula is C13H22N4. The normalized spacial score (nSPS) is 21.2. The summed E-state index contributed by atoms with van der Waals surface area (Å²) in [6.45, 7) is 12.1. The van der Waals surface area contributed by atoms with Gasteiger partial charge in [0.05, 0.1) is 0 Å². The van der Waals surface area contributed by atoms with Crippen molar-refractivity contribution in [2.75, 3.05) is 17.6 Å². The molecule has 4 nitrogen and oxygen atoms in total. The van der Waals surface area contributed by atoms with Gasteiger partial charge in [-0.25, -0.2) is 9.97 Å². The van der Waals surface area contributed by atoms with E-state index in [9.17, 15) is 0 Å². The van der Waals surface area contributed by atoms with Crippen LogP contribution in [0.5, 0.6) is 0 Å². The Morgan fingerprint density at radius 2 is 1.82 bits per heavy atom. The maximum absolute atomic E-state index is 5.70. The summed E-state index contributed by atoms with van der Waals surface area (Å²) in [5.74, 6) is 2.73. The Kier molecular flexibility index (Phi) is 2.56. The topological polar surface area (TPSA) is 63.8 Å². The second kappa shape index (κ2) is 3.59. The summed E-state index contributed by atoms with van der Waals surface area (Å²) in [6.07, 6.45) is 0. The predicted molar refractivity (Wildman–Crippen MR) is 70.7 cm³/mol. The Hall–Kier alpha value is -1.32. The second-order valence-electron chi connectivity index (χ2n) is 6.10. The SMILES string of the molecule is Cc1nc(N)cc(NCC2C(C)(C)C2(C)C)n1. The molecule has 1 fully saturated rings. The highest BCUT2D eigenvalue weighted by Gasteiger charge is 2.64. The molecule has 17 heavy (non-hydrogen) atoms. The number of nitrogens with zero attached hydrogens (tertiary/aromatic N) is 2. The smallest absolute Gasteiger partial charge is 0.131 e. The van der Waals surface area contributed by atoms with Crippen molar-refractivity contribution in [1.82, 2.24) is 9.97 Å². The van der Waals surface area contributed by atoms with Crippen LogP contribution >= 0.6 is 0 Å². The largest absolute Gasteiger partial charge is 0.384 e. The van der Waals surface area contributed by atoms with Crippen LogP contribution in [0.3, 0.4) is 0 Å². The fourth-order valence-electron chi connectivity index (χ4n) is 2.73. The molecule has 0 atom stereocenters. The average Bonchev–Trinajstić information content (AvgIpc) is 2.53. The second-order valence-corrected chi connectivity index (χ2v) is 6.10. The van der Waals surface area contributed by atoms with E-state index in [1.54, 1.807) is 6.07 Å². The number of aryl methyl sites for hydroxylation is 1. The third kappa shape index (κ3) is 1.96. The summed E-state index contributed by atoms with van der Waals surface area (Å²) in [5.41, 5.74) is 6.49. The van der Waals surface area contributed by atoms with Crippen LogP contribution in [0.2, 0.25) is 0 Å². The lowest BCUT2D eigenvalue weighted by Gasteiger charge is -2.08. The van der Waals surface area contributed by atoms with Crippen molar-refractivity contribution in [3.8, 4) is 0 Å². The maximum Gasteiger partial charge on any atom is 0.131 e. The van der Waals surface area contributed by atoms with Crippen LogP contribution in [0.4, 0.5) is 11.6 Å². The maximum atomic E-state index is 5.70. The zero-order valence-corrected chi connectivity index (χ0v) is 11.3. The highest BCUT2D eigenvalue weighted by Crippen LogP contribution is 2.68. The minimum absolute atomic E-state index is 0.396. The zero-order chi connectivity index (χ0) is 12.8. The van der Waals surface area contributed by atoms with Crippen LogP contribution in [0, 0.1) is 23.7 Å². The monoisotopic (exact) mass is 234 g/mol. The van der Waals surface area contributed by atoms with Crippen LogP contribution in [0.25, 0.3) is 0 Å². The molecule has 0 spiro atoms. The van der Waals surface area contributed by atoms with Gasteiger partial charge in [-0.05, 0) is 23.7 Å². The molecule has 3 N–H and O–H groups in total. The lowest BCUT2D eigenvalue weighted by Crippen LogP contribution is -2.10. The Balaban J connectivity index is 2.00. The molecule has 1 aliphatic rings. The lowest BCUT2D eigenvalue weighted by molar-refractivity contribution is 0.457. The van der Waals surface area contributed by atoms with Gasteiger partial charge in [0, 0.05) is 12.6 Å². The van der Waals surface area contributed by atoms with E-state index in [2.05, 4.69) is 43.0 Å². The van der Waals surface area contributed by atoms with E-state index >= 15 is 0 Å². The fraction of sp³-hybridized carbons (Fsp3) is 0.692. The van der Waals surface area contributed by atoms with Gasteiger partial charge < -0.3 is 11.1 Å². The first-order valence-electron chi connectivity index (χ1n) is 6.10. The first-order chi connectivity index (χ1) is 7.75. The highest BCUT2D eigenvalue weighted by molar-refractivity contribution is 5.44. The van der Waals surface area contributed by atoms with E-state index in [0.717, 1.165) is 12.4 Å². The van der Waals surface area contributed by atoms with Crippen molar-refractivity contribution < 1.29 is 0 Å². The number of anilines is 2. The molecule has 1 saturated carbocycles. The molecule has 2 rings (SSSR count). The number of hydrogen-bond donors (Lipinski definition) is 2. The molecule has 0 amide bonds. The summed E-state index contributed by atoms with van der Waals surface area (Å²) in [5, 5.41) is 3.37. The van der Waals surface area contributed by atoms with E-state index in [1.807, 2.05) is 6.92 Å². The number of nitrogen functional groups attached to an aromatic ring is 1. The standard InChI is InChI=1S/C13H22N4/c1-8-16-10(14)6-11(17-8)15-7-9-12(2,3)13(9,4)5/h6,9H,7H2,1-5H3,(H3,14,15,16,17). The summed E-state index contributed by atoms with van der Waals surface area (Å²) in [4.78, 5) is 8.39. The Bertz CT molecular complexity index is 403. The molecule has 0 bridgehead atoms. The molecule has 94 valence electrons. The highest BCUT2D eigenvalue weighted by atomic mass is 15.1. The number of nitrogens with two attached hydrogens (primary N) is 1. The number of aromatic nitrogens is 2. The Labute approximate surface area is 103 Å². The van der Waals surface area contributed by atoms with Gasteiger partial charge in [0.25, 0.3) is 0 Å².